The number of anilines is 1. The molecule has 144 valence electrons. The lowest BCUT2D eigenvalue weighted by atomic mass is 9.77. The van der Waals surface area contributed by atoms with Gasteiger partial charge in [0.05, 0.1) is 11.6 Å². The standard InChI is InChI=1S/C22H19F2NO3/c1-12(26)18-16-9-4-10-17(24)19(16)22(27)28-21(18)25-20(13-5-2-6-13)14-7-3-8-15(23)11-14/h3-4,7-11,13,20,25H,2,5-6H2,1H3. The van der Waals surface area contributed by atoms with Crippen LogP contribution in [0.3, 0.4) is 0 Å². The molecule has 1 saturated carbocycles. The van der Waals surface area contributed by atoms with E-state index in [1.807, 2.05) is 0 Å². The molecule has 1 aliphatic rings. The number of hydrogen-bond acceptors (Lipinski definition) is 4. The van der Waals surface area contributed by atoms with E-state index >= 15 is 0 Å². The fraction of sp³-hybridized carbons (Fsp3) is 0.273. The van der Waals surface area contributed by atoms with Crippen LogP contribution < -0.4 is 10.9 Å². The van der Waals surface area contributed by atoms with Gasteiger partial charge < -0.3 is 9.73 Å². The van der Waals surface area contributed by atoms with Crippen molar-refractivity contribution in [2.24, 2.45) is 5.92 Å². The Morgan fingerprint density at radius 1 is 1.18 bits per heavy atom. The topological polar surface area (TPSA) is 59.3 Å². The first-order valence-corrected chi connectivity index (χ1v) is 9.24. The van der Waals surface area contributed by atoms with E-state index in [4.69, 9.17) is 4.42 Å². The Morgan fingerprint density at radius 3 is 2.57 bits per heavy atom. The third kappa shape index (κ3) is 3.19. The molecular weight excluding hydrogens is 364 g/mol. The summed E-state index contributed by atoms with van der Waals surface area (Å²) in [5.41, 5.74) is -0.0248. The van der Waals surface area contributed by atoms with E-state index < -0.39 is 11.4 Å². The van der Waals surface area contributed by atoms with Gasteiger partial charge in [-0.2, -0.15) is 0 Å². The summed E-state index contributed by atoms with van der Waals surface area (Å²) in [6, 6.07) is 10.0. The molecule has 1 unspecified atom stereocenters. The molecule has 1 fully saturated rings. The molecule has 4 nitrogen and oxygen atoms in total. The van der Waals surface area contributed by atoms with Crippen LogP contribution in [-0.4, -0.2) is 5.78 Å². The molecule has 0 spiro atoms. The number of benzene rings is 2. The highest BCUT2D eigenvalue weighted by molar-refractivity contribution is 6.10. The van der Waals surface area contributed by atoms with E-state index in [1.165, 1.54) is 31.2 Å². The highest BCUT2D eigenvalue weighted by Crippen LogP contribution is 2.41. The van der Waals surface area contributed by atoms with Crippen LogP contribution in [0, 0.1) is 17.6 Å². The second kappa shape index (κ2) is 7.19. The fourth-order valence-corrected chi connectivity index (χ4v) is 3.80. The summed E-state index contributed by atoms with van der Waals surface area (Å²) in [5.74, 6) is -1.24. The maximum absolute atomic E-state index is 14.2. The van der Waals surface area contributed by atoms with E-state index in [1.54, 1.807) is 12.1 Å². The lowest BCUT2D eigenvalue weighted by Gasteiger charge is -2.35. The van der Waals surface area contributed by atoms with Gasteiger partial charge in [-0.1, -0.05) is 30.7 Å². The van der Waals surface area contributed by atoms with Crippen molar-refractivity contribution in [1.82, 2.24) is 0 Å². The van der Waals surface area contributed by atoms with Crippen molar-refractivity contribution in [3.05, 3.63) is 75.6 Å². The number of rotatable bonds is 5. The molecule has 0 aliphatic heterocycles. The second-order valence-electron chi connectivity index (χ2n) is 7.18. The van der Waals surface area contributed by atoms with Gasteiger partial charge in [0.25, 0.3) is 0 Å². The molecule has 3 aromatic rings. The third-order valence-corrected chi connectivity index (χ3v) is 5.38. The summed E-state index contributed by atoms with van der Waals surface area (Å²) in [6.45, 7) is 1.34. The first-order chi connectivity index (χ1) is 13.5. The number of hydrogen-bond donors (Lipinski definition) is 1. The number of carbonyl (C=O) groups excluding carboxylic acids is 1. The zero-order valence-corrected chi connectivity index (χ0v) is 15.3. The van der Waals surface area contributed by atoms with Gasteiger partial charge in [0, 0.05) is 5.39 Å². The molecule has 1 N–H and O–H groups in total. The fourth-order valence-electron chi connectivity index (χ4n) is 3.80. The summed E-state index contributed by atoms with van der Waals surface area (Å²) < 4.78 is 33.3. The molecule has 6 heteroatoms. The summed E-state index contributed by atoms with van der Waals surface area (Å²) in [6.07, 6.45) is 2.94. The van der Waals surface area contributed by atoms with E-state index in [2.05, 4.69) is 5.32 Å². The lowest BCUT2D eigenvalue weighted by Crippen LogP contribution is -2.27. The monoisotopic (exact) mass is 383 g/mol. The Morgan fingerprint density at radius 2 is 1.93 bits per heavy atom. The van der Waals surface area contributed by atoms with Gasteiger partial charge in [0.15, 0.2) is 5.78 Å². The van der Waals surface area contributed by atoms with Crippen molar-refractivity contribution in [2.45, 2.75) is 32.2 Å². The van der Waals surface area contributed by atoms with Crippen LogP contribution >= 0.6 is 0 Å². The molecule has 28 heavy (non-hydrogen) atoms. The Labute approximate surface area is 160 Å². The van der Waals surface area contributed by atoms with E-state index in [-0.39, 0.29) is 45.8 Å². The zero-order valence-electron chi connectivity index (χ0n) is 15.3. The molecule has 0 saturated heterocycles. The minimum atomic E-state index is -0.854. The van der Waals surface area contributed by atoms with Crippen molar-refractivity contribution >= 4 is 22.4 Å². The molecule has 4 rings (SSSR count). The van der Waals surface area contributed by atoms with Crippen molar-refractivity contribution in [3.63, 3.8) is 0 Å². The highest BCUT2D eigenvalue weighted by atomic mass is 19.1. The molecule has 2 aromatic carbocycles. The molecular formula is C22H19F2NO3. The number of ketones is 1. The molecule has 1 atom stereocenters. The van der Waals surface area contributed by atoms with Crippen LogP contribution in [0.4, 0.5) is 14.7 Å². The summed E-state index contributed by atoms with van der Waals surface area (Å²) in [5, 5.41) is 3.11. The predicted molar refractivity (Wildman–Crippen MR) is 103 cm³/mol. The van der Waals surface area contributed by atoms with Gasteiger partial charge >= 0.3 is 5.63 Å². The number of fused-ring (bicyclic) bond motifs is 1. The SMILES string of the molecule is CC(=O)c1c(NC(c2cccc(F)c2)C2CCC2)oc(=O)c2c(F)cccc12. The molecule has 1 aromatic heterocycles. The number of carbonyl (C=O) groups is 1. The van der Waals surface area contributed by atoms with Gasteiger partial charge in [0.2, 0.25) is 5.88 Å². The Kier molecular flexibility index (Phi) is 4.71. The van der Waals surface area contributed by atoms with Crippen molar-refractivity contribution in [2.75, 3.05) is 5.32 Å². The normalized spacial score (nSPS) is 15.2. The van der Waals surface area contributed by atoms with E-state index in [0.717, 1.165) is 25.3 Å². The first-order valence-electron chi connectivity index (χ1n) is 9.24. The van der Waals surface area contributed by atoms with Gasteiger partial charge in [0.1, 0.15) is 17.0 Å². The van der Waals surface area contributed by atoms with Crippen molar-refractivity contribution < 1.29 is 18.0 Å². The molecule has 0 amide bonds. The number of nitrogens with one attached hydrogen (secondary N) is 1. The molecule has 0 bridgehead atoms. The number of Topliss-reactive ketones (excluding diaryl/α,β-unsaturated/α-hetero) is 1. The molecule has 1 aliphatic carbocycles. The van der Waals surface area contributed by atoms with Crippen LogP contribution in [0.1, 0.15) is 48.1 Å². The minimum absolute atomic E-state index is 0.00300. The predicted octanol–water partition coefficient (Wildman–Crippen LogP) is 5.23. The smallest absolute Gasteiger partial charge is 0.348 e. The van der Waals surface area contributed by atoms with Gasteiger partial charge in [-0.3, -0.25) is 4.79 Å². The summed E-state index contributed by atoms with van der Waals surface area (Å²) in [4.78, 5) is 24.7. The maximum Gasteiger partial charge on any atom is 0.348 e. The lowest BCUT2D eigenvalue weighted by molar-refractivity contribution is 0.101. The Balaban J connectivity index is 1.86. The first kappa shape index (κ1) is 18.3. The van der Waals surface area contributed by atoms with E-state index in [9.17, 15) is 18.4 Å². The molecule has 1 heterocycles. The summed E-state index contributed by atoms with van der Waals surface area (Å²) in [7, 11) is 0. The minimum Gasteiger partial charge on any atom is -0.405 e. The van der Waals surface area contributed by atoms with Crippen LogP contribution in [0.2, 0.25) is 0 Å². The average Bonchev–Trinajstić information content (AvgIpc) is 2.59. The second-order valence-corrected chi connectivity index (χ2v) is 7.18. The van der Waals surface area contributed by atoms with Crippen LogP contribution in [0.25, 0.3) is 10.8 Å². The average molecular weight is 383 g/mol. The van der Waals surface area contributed by atoms with Crippen molar-refractivity contribution in [1.29, 1.82) is 0 Å². The largest absolute Gasteiger partial charge is 0.405 e. The van der Waals surface area contributed by atoms with Gasteiger partial charge in [-0.05, 0) is 49.4 Å². The summed E-state index contributed by atoms with van der Waals surface area (Å²) >= 11 is 0. The van der Waals surface area contributed by atoms with E-state index in [0.29, 0.717) is 5.56 Å². The van der Waals surface area contributed by atoms with Gasteiger partial charge in [-0.25, -0.2) is 13.6 Å². The number of halogens is 2. The van der Waals surface area contributed by atoms with Crippen LogP contribution in [0.5, 0.6) is 0 Å². The quantitative estimate of drug-likeness (QED) is 0.613. The maximum atomic E-state index is 14.2. The van der Waals surface area contributed by atoms with Crippen LogP contribution in [0.15, 0.2) is 51.7 Å². The zero-order chi connectivity index (χ0) is 19.8. The van der Waals surface area contributed by atoms with Crippen molar-refractivity contribution in [3.8, 4) is 0 Å². The third-order valence-electron chi connectivity index (χ3n) is 5.38. The Hall–Kier alpha value is -3.02. The van der Waals surface area contributed by atoms with Gasteiger partial charge in [-0.15, -0.1) is 0 Å². The highest BCUT2D eigenvalue weighted by Gasteiger charge is 2.31. The van der Waals surface area contributed by atoms with Crippen LogP contribution in [-0.2, 0) is 0 Å². The molecule has 0 radical (unpaired) electrons. The Bertz CT molecular complexity index is 1120.